The van der Waals surface area contributed by atoms with Crippen LogP contribution in [0, 0.1) is 0 Å². The summed E-state index contributed by atoms with van der Waals surface area (Å²) in [6.45, 7) is 4.83. The number of carbonyl (C=O) groups excluding carboxylic acids is 2. The van der Waals surface area contributed by atoms with Crippen molar-refractivity contribution in [3.05, 3.63) is 24.3 Å². The number of rotatable bonds is 43. The molecule has 0 saturated carbocycles. The lowest BCUT2D eigenvalue weighted by atomic mass is 10.0. The summed E-state index contributed by atoms with van der Waals surface area (Å²) in [5.41, 5.74) is 0. The minimum Gasteiger partial charge on any atom is -0.466 e. The maximum absolute atomic E-state index is 12.4. The first-order valence-corrected chi connectivity index (χ1v) is 23.6. The van der Waals surface area contributed by atoms with Gasteiger partial charge in [0.05, 0.1) is 25.4 Å². The van der Waals surface area contributed by atoms with Gasteiger partial charge in [-0.25, -0.2) is 0 Å². The van der Waals surface area contributed by atoms with Crippen LogP contribution in [0.25, 0.3) is 0 Å². The van der Waals surface area contributed by atoms with E-state index in [0.29, 0.717) is 25.9 Å². The summed E-state index contributed by atoms with van der Waals surface area (Å²) in [5.74, 6) is -0.0851. The highest BCUT2D eigenvalue weighted by Crippen LogP contribution is 2.16. The molecule has 54 heavy (non-hydrogen) atoms. The zero-order valence-electron chi connectivity index (χ0n) is 36.0. The second kappa shape index (κ2) is 44.1. The number of amides is 1. The molecule has 0 rings (SSSR count). The van der Waals surface area contributed by atoms with Gasteiger partial charge in [0.15, 0.2) is 0 Å². The number of unbranched alkanes of at least 4 members (excludes halogenated alkanes) is 28. The average Bonchev–Trinajstić information content (AvgIpc) is 3.17. The van der Waals surface area contributed by atoms with Gasteiger partial charge >= 0.3 is 5.97 Å². The Bertz CT molecular complexity index is 843. The van der Waals surface area contributed by atoms with E-state index in [4.69, 9.17) is 4.74 Å². The molecular weight excluding hydrogens is 671 g/mol. The highest BCUT2D eigenvalue weighted by atomic mass is 16.5. The van der Waals surface area contributed by atoms with Crippen LogP contribution < -0.4 is 5.32 Å². The van der Waals surface area contributed by atoms with Crippen molar-refractivity contribution in [2.24, 2.45) is 0 Å². The number of nitrogens with one attached hydrogen (secondary N) is 1. The van der Waals surface area contributed by atoms with Gasteiger partial charge in [-0.15, -0.1) is 0 Å². The van der Waals surface area contributed by atoms with Gasteiger partial charge in [-0.05, 0) is 51.4 Å². The Hall–Kier alpha value is -1.66. The van der Waals surface area contributed by atoms with E-state index in [9.17, 15) is 19.8 Å². The van der Waals surface area contributed by atoms with Gasteiger partial charge in [0, 0.05) is 12.8 Å². The van der Waals surface area contributed by atoms with Crippen LogP contribution in [0.2, 0.25) is 0 Å². The summed E-state index contributed by atoms with van der Waals surface area (Å²) < 4.78 is 5.43. The van der Waals surface area contributed by atoms with Crippen LogP contribution in [0.15, 0.2) is 24.3 Å². The third-order valence-corrected chi connectivity index (χ3v) is 10.7. The molecule has 318 valence electrons. The molecule has 2 atom stereocenters. The summed E-state index contributed by atoms with van der Waals surface area (Å²) in [4.78, 5) is 24.4. The number of aliphatic hydroxyl groups excluding tert-OH is 2. The molecule has 0 saturated heterocycles. The molecule has 0 radical (unpaired) electrons. The minimum atomic E-state index is -0.676. The normalized spacial score (nSPS) is 12.9. The summed E-state index contributed by atoms with van der Waals surface area (Å²) in [7, 11) is 0. The van der Waals surface area contributed by atoms with Crippen LogP contribution in [0.3, 0.4) is 0 Å². The average molecular weight is 762 g/mol. The van der Waals surface area contributed by atoms with Gasteiger partial charge in [-0.3, -0.25) is 9.59 Å². The topological polar surface area (TPSA) is 95.9 Å². The molecule has 6 nitrogen and oxygen atoms in total. The van der Waals surface area contributed by atoms with E-state index in [-0.39, 0.29) is 18.5 Å². The van der Waals surface area contributed by atoms with E-state index < -0.39 is 12.1 Å². The molecule has 6 heteroatoms. The summed E-state index contributed by atoms with van der Waals surface area (Å²) in [6.07, 6.45) is 49.8. The SMILES string of the molecule is CCC/C=C\C/C=C\CCCCCCCC(=O)OCCCCCCCCCCCCCC(=O)NC(CO)C(O)CCCCCCCCCCCCCCC. The van der Waals surface area contributed by atoms with Crippen molar-refractivity contribution in [3.63, 3.8) is 0 Å². The monoisotopic (exact) mass is 762 g/mol. The smallest absolute Gasteiger partial charge is 0.305 e. The Morgan fingerprint density at radius 2 is 0.963 bits per heavy atom. The Morgan fingerprint density at radius 1 is 0.519 bits per heavy atom. The molecule has 0 heterocycles. The third-order valence-electron chi connectivity index (χ3n) is 10.7. The number of hydrogen-bond donors (Lipinski definition) is 3. The lowest BCUT2D eigenvalue weighted by molar-refractivity contribution is -0.143. The van der Waals surface area contributed by atoms with Crippen molar-refractivity contribution in [1.29, 1.82) is 0 Å². The number of allylic oxidation sites excluding steroid dienone is 4. The third kappa shape index (κ3) is 40.0. The predicted molar refractivity (Wildman–Crippen MR) is 232 cm³/mol. The molecule has 0 aliphatic heterocycles. The van der Waals surface area contributed by atoms with Gasteiger partial charge in [-0.1, -0.05) is 205 Å². The fraction of sp³-hybridized carbons (Fsp3) is 0.875. The molecule has 3 N–H and O–H groups in total. The van der Waals surface area contributed by atoms with E-state index in [0.717, 1.165) is 70.6 Å². The first-order valence-electron chi connectivity index (χ1n) is 23.6. The molecule has 0 aromatic rings. The predicted octanol–water partition coefficient (Wildman–Crippen LogP) is 13.6. The van der Waals surface area contributed by atoms with Crippen LogP contribution in [-0.2, 0) is 14.3 Å². The molecule has 0 aromatic heterocycles. The van der Waals surface area contributed by atoms with Gasteiger partial charge in [0.25, 0.3) is 0 Å². The maximum Gasteiger partial charge on any atom is 0.305 e. The lowest BCUT2D eigenvalue weighted by Crippen LogP contribution is -2.45. The van der Waals surface area contributed by atoms with E-state index in [1.807, 2.05) is 0 Å². The standard InChI is InChI=1S/C48H91NO5/c1-3-5-7-9-11-13-15-17-20-24-28-32-36-40-46(51)45(44-50)49-47(52)41-37-33-29-25-21-19-23-27-31-35-39-43-54-48(53)42-38-34-30-26-22-18-16-14-12-10-8-6-4-2/h8,10,14,16,45-46,50-51H,3-7,9,11-13,15,17-44H2,1-2H3,(H,49,52)/b10-8-,16-14-. The number of esters is 1. The second-order valence-electron chi connectivity index (χ2n) is 16.1. The fourth-order valence-corrected chi connectivity index (χ4v) is 7.09. The second-order valence-corrected chi connectivity index (χ2v) is 16.1. The van der Waals surface area contributed by atoms with Gasteiger partial charge in [0.2, 0.25) is 5.91 Å². The Labute approximate surface area is 335 Å². The van der Waals surface area contributed by atoms with E-state index in [1.54, 1.807) is 0 Å². The largest absolute Gasteiger partial charge is 0.466 e. The fourth-order valence-electron chi connectivity index (χ4n) is 7.09. The van der Waals surface area contributed by atoms with E-state index in [2.05, 4.69) is 43.5 Å². The van der Waals surface area contributed by atoms with Crippen molar-refractivity contribution in [2.45, 2.75) is 257 Å². The van der Waals surface area contributed by atoms with E-state index in [1.165, 1.54) is 141 Å². The summed E-state index contributed by atoms with van der Waals surface area (Å²) in [6, 6.07) is -0.555. The molecule has 0 fully saturated rings. The van der Waals surface area contributed by atoms with Crippen LogP contribution in [0.5, 0.6) is 0 Å². The number of ether oxygens (including phenoxy) is 1. The van der Waals surface area contributed by atoms with Crippen molar-refractivity contribution < 1.29 is 24.5 Å². The maximum atomic E-state index is 12.4. The zero-order chi connectivity index (χ0) is 39.4. The lowest BCUT2D eigenvalue weighted by Gasteiger charge is -2.22. The molecule has 0 spiro atoms. The first kappa shape index (κ1) is 52.3. The summed E-state index contributed by atoms with van der Waals surface area (Å²) in [5, 5.41) is 23.1. The molecule has 0 aromatic carbocycles. The van der Waals surface area contributed by atoms with Crippen molar-refractivity contribution in [1.82, 2.24) is 5.32 Å². The van der Waals surface area contributed by atoms with Gasteiger partial charge in [-0.2, -0.15) is 0 Å². The minimum absolute atomic E-state index is 0.0294. The number of carbonyl (C=O) groups is 2. The molecule has 0 bridgehead atoms. The van der Waals surface area contributed by atoms with Crippen molar-refractivity contribution in [3.8, 4) is 0 Å². The number of aliphatic hydroxyl groups is 2. The van der Waals surface area contributed by atoms with Crippen LogP contribution in [-0.4, -0.2) is 47.4 Å². The highest BCUT2D eigenvalue weighted by molar-refractivity contribution is 5.76. The van der Waals surface area contributed by atoms with E-state index >= 15 is 0 Å². The van der Waals surface area contributed by atoms with Gasteiger partial charge in [0.1, 0.15) is 0 Å². The number of hydrogen-bond acceptors (Lipinski definition) is 5. The Kier molecular flexibility index (Phi) is 42.7. The van der Waals surface area contributed by atoms with Gasteiger partial charge < -0.3 is 20.3 Å². The summed E-state index contributed by atoms with van der Waals surface area (Å²) >= 11 is 0. The van der Waals surface area contributed by atoms with Crippen LogP contribution in [0.1, 0.15) is 245 Å². The molecule has 2 unspecified atom stereocenters. The van der Waals surface area contributed by atoms with Crippen LogP contribution >= 0.6 is 0 Å². The van der Waals surface area contributed by atoms with Crippen molar-refractivity contribution in [2.75, 3.05) is 13.2 Å². The Morgan fingerprint density at radius 3 is 1.48 bits per heavy atom. The quantitative estimate of drug-likeness (QED) is 0.0327. The van der Waals surface area contributed by atoms with Crippen LogP contribution in [0.4, 0.5) is 0 Å². The highest BCUT2D eigenvalue weighted by Gasteiger charge is 2.20. The molecule has 0 aliphatic carbocycles. The zero-order valence-corrected chi connectivity index (χ0v) is 36.0. The first-order chi connectivity index (χ1) is 26.5. The molecule has 1 amide bonds. The van der Waals surface area contributed by atoms with Crippen molar-refractivity contribution >= 4 is 11.9 Å². The molecular formula is C48H91NO5. The Balaban J connectivity index is 3.49. The molecule has 0 aliphatic rings.